The van der Waals surface area contributed by atoms with Gasteiger partial charge in [0.05, 0.1) is 0 Å². The molecule has 2 aliphatic heterocycles. The summed E-state index contributed by atoms with van der Waals surface area (Å²) >= 11 is 0. The van der Waals surface area contributed by atoms with Crippen molar-refractivity contribution in [3.05, 3.63) is 0 Å². The summed E-state index contributed by atoms with van der Waals surface area (Å²) in [6.45, 7) is 7.34. The van der Waals surface area contributed by atoms with Crippen LogP contribution in [0, 0.1) is 11.3 Å². The van der Waals surface area contributed by atoms with Crippen molar-refractivity contribution in [3.63, 3.8) is 0 Å². The lowest BCUT2D eigenvalue weighted by Crippen LogP contribution is -2.53. The van der Waals surface area contributed by atoms with Gasteiger partial charge in [0.15, 0.2) is 0 Å². The van der Waals surface area contributed by atoms with Crippen molar-refractivity contribution < 1.29 is 9.59 Å². The van der Waals surface area contributed by atoms with E-state index in [0.717, 1.165) is 32.4 Å². The van der Waals surface area contributed by atoms with Gasteiger partial charge in [-0.05, 0) is 44.7 Å². The molecule has 1 saturated carbocycles. The average Bonchev–Trinajstić information content (AvgIpc) is 3.21. The highest BCUT2D eigenvalue weighted by molar-refractivity contribution is 5.85. The minimum atomic E-state index is -0.00848. The molecule has 7 heteroatoms. The molecule has 22 heavy (non-hydrogen) atoms. The van der Waals surface area contributed by atoms with Crippen LogP contribution < -0.4 is 10.6 Å². The number of amides is 3. The van der Waals surface area contributed by atoms with E-state index in [0.29, 0.717) is 44.0 Å². The zero-order chi connectivity index (χ0) is 14.9. The highest BCUT2D eigenvalue weighted by Gasteiger charge is 2.58. The zero-order valence-corrected chi connectivity index (χ0v) is 14.1. The Hall–Kier alpha value is -1.01. The Kier molecular flexibility index (Phi) is 5.55. The summed E-state index contributed by atoms with van der Waals surface area (Å²) in [6.07, 6.45) is 3.36. The predicted octanol–water partition coefficient (Wildman–Crippen LogP) is 0.672. The van der Waals surface area contributed by atoms with E-state index in [2.05, 4.69) is 10.6 Å². The van der Waals surface area contributed by atoms with Crippen LogP contribution in [0.25, 0.3) is 0 Å². The van der Waals surface area contributed by atoms with Crippen molar-refractivity contribution in [3.8, 4) is 0 Å². The number of carbonyl (C=O) groups is 2. The van der Waals surface area contributed by atoms with Gasteiger partial charge in [-0.15, -0.1) is 12.4 Å². The summed E-state index contributed by atoms with van der Waals surface area (Å²) in [4.78, 5) is 28.2. The van der Waals surface area contributed by atoms with Crippen LogP contribution in [0.2, 0.25) is 0 Å². The molecule has 1 spiro atoms. The summed E-state index contributed by atoms with van der Waals surface area (Å²) in [5.41, 5.74) is 0.305. The molecule has 0 aromatic rings. The number of piperidine rings is 1. The summed E-state index contributed by atoms with van der Waals surface area (Å²) in [6, 6.07) is -0.00848. The molecular weight excluding hydrogens is 304 g/mol. The fourth-order valence-electron chi connectivity index (χ4n) is 3.79. The molecular formula is C15H27ClN4O2. The number of piperazine rings is 1. The van der Waals surface area contributed by atoms with Crippen LogP contribution in [0.4, 0.5) is 4.79 Å². The van der Waals surface area contributed by atoms with Crippen molar-refractivity contribution in [2.75, 3.05) is 45.8 Å². The van der Waals surface area contributed by atoms with Crippen molar-refractivity contribution in [2.45, 2.75) is 26.2 Å². The van der Waals surface area contributed by atoms with Gasteiger partial charge in [0, 0.05) is 38.6 Å². The molecule has 2 saturated heterocycles. The van der Waals surface area contributed by atoms with Crippen LogP contribution in [0.5, 0.6) is 0 Å². The van der Waals surface area contributed by atoms with Crippen LogP contribution in [-0.2, 0) is 4.79 Å². The molecule has 3 aliphatic rings. The molecule has 2 N–H and O–H groups in total. The number of urea groups is 1. The van der Waals surface area contributed by atoms with Gasteiger partial charge in [-0.3, -0.25) is 4.79 Å². The van der Waals surface area contributed by atoms with Gasteiger partial charge in [0.25, 0.3) is 0 Å². The van der Waals surface area contributed by atoms with Gasteiger partial charge in [0.2, 0.25) is 5.91 Å². The highest BCUT2D eigenvalue weighted by Crippen LogP contribution is 2.59. The second kappa shape index (κ2) is 7.04. The van der Waals surface area contributed by atoms with Crippen LogP contribution in [0.15, 0.2) is 0 Å². The molecule has 3 rings (SSSR count). The van der Waals surface area contributed by atoms with Gasteiger partial charge in [-0.1, -0.05) is 0 Å². The van der Waals surface area contributed by atoms with E-state index >= 15 is 0 Å². The highest BCUT2D eigenvalue weighted by atomic mass is 35.5. The second-order valence-electron chi connectivity index (χ2n) is 6.52. The molecule has 1 aliphatic carbocycles. The molecule has 0 aromatic heterocycles. The second-order valence-corrected chi connectivity index (χ2v) is 6.52. The Morgan fingerprint density at radius 2 is 1.73 bits per heavy atom. The summed E-state index contributed by atoms with van der Waals surface area (Å²) in [5.74, 6) is 0.572. The fourth-order valence-corrected chi connectivity index (χ4v) is 3.79. The minimum Gasteiger partial charge on any atom is -0.339 e. The van der Waals surface area contributed by atoms with Gasteiger partial charge in [-0.25, -0.2) is 4.79 Å². The molecule has 3 fully saturated rings. The maximum absolute atomic E-state index is 12.6. The van der Waals surface area contributed by atoms with Gasteiger partial charge >= 0.3 is 6.03 Å². The van der Waals surface area contributed by atoms with E-state index in [1.165, 1.54) is 0 Å². The lowest BCUT2D eigenvalue weighted by molar-refractivity contribution is -0.135. The van der Waals surface area contributed by atoms with E-state index in [1.54, 1.807) is 4.90 Å². The van der Waals surface area contributed by atoms with E-state index in [9.17, 15) is 9.59 Å². The Bertz CT molecular complexity index is 418. The third-order valence-corrected chi connectivity index (χ3v) is 5.29. The average molecular weight is 331 g/mol. The first-order chi connectivity index (χ1) is 10.2. The molecule has 0 aromatic carbocycles. The summed E-state index contributed by atoms with van der Waals surface area (Å²) in [7, 11) is 0. The van der Waals surface area contributed by atoms with Crippen LogP contribution in [0.1, 0.15) is 26.2 Å². The monoisotopic (exact) mass is 330 g/mol. The molecule has 0 radical (unpaired) electrons. The number of rotatable bonds is 2. The number of nitrogens with zero attached hydrogens (tertiary/aromatic N) is 2. The van der Waals surface area contributed by atoms with Crippen molar-refractivity contribution >= 4 is 24.3 Å². The van der Waals surface area contributed by atoms with Crippen molar-refractivity contribution in [1.82, 2.24) is 20.4 Å². The van der Waals surface area contributed by atoms with Gasteiger partial charge in [0.1, 0.15) is 0 Å². The molecule has 3 amide bonds. The lowest BCUT2D eigenvalue weighted by Gasteiger charge is -2.35. The van der Waals surface area contributed by atoms with Crippen molar-refractivity contribution in [1.29, 1.82) is 0 Å². The first-order valence-electron chi connectivity index (χ1n) is 8.18. The van der Waals surface area contributed by atoms with E-state index in [1.807, 2.05) is 11.8 Å². The predicted molar refractivity (Wildman–Crippen MR) is 87.1 cm³/mol. The Morgan fingerprint density at radius 1 is 1.14 bits per heavy atom. The third kappa shape index (κ3) is 3.33. The fraction of sp³-hybridized carbons (Fsp3) is 0.867. The maximum atomic E-state index is 12.6. The molecule has 1 unspecified atom stereocenters. The van der Waals surface area contributed by atoms with Crippen molar-refractivity contribution in [2.24, 2.45) is 11.3 Å². The topological polar surface area (TPSA) is 64.7 Å². The molecule has 6 nitrogen and oxygen atoms in total. The van der Waals surface area contributed by atoms with E-state index in [-0.39, 0.29) is 24.4 Å². The van der Waals surface area contributed by atoms with E-state index in [4.69, 9.17) is 0 Å². The number of carbonyl (C=O) groups excluding carboxylic acids is 2. The molecule has 2 heterocycles. The van der Waals surface area contributed by atoms with Gasteiger partial charge in [-0.2, -0.15) is 0 Å². The quantitative estimate of drug-likeness (QED) is 0.782. The lowest BCUT2D eigenvalue weighted by atomic mass is 9.91. The zero-order valence-electron chi connectivity index (χ0n) is 13.3. The summed E-state index contributed by atoms with van der Waals surface area (Å²) < 4.78 is 0. The number of hydrogen-bond donors (Lipinski definition) is 2. The first kappa shape index (κ1) is 17.3. The molecule has 1 atom stereocenters. The smallest absolute Gasteiger partial charge is 0.317 e. The number of halogens is 1. The van der Waals surface area contributed by atoms with E-state index < -0.39 is 0 Å². The summed E-state index contributed by atoms with van der Waals surface area (Å²) in [5, 5.41) is 6.19. The number of hydrogen-bond acceptors (Lipinski definition) is 3. The van der Waals surface area contributed by atoms with Crippen LogP contribution in [-0.4, -0.2) is 67.6 Å². The Labute approximate surface area is 138 Å². The first-order valence-corrected chi connectivity index (χ1v) is 8.18. The molecule has 126 valence electrons. The molecule has 0 bridgehead atoms. The Morgan fingerprint density at radius 3 is 2.32 bits per heavy atom. The standard InChI is InChI=1S/C15H26N4O2.ClH/c1-2-17-14(21)19-9-7-18(8-10-19)13(20)12-11-15(12)3-5-16-6-4-15;/h12,16H,2-11H2,1H3,(H,17,21);1H. The SMILES string of the molecule is CCNC(=O)N1CCN(C(=O)C2CC23CCNCC3)CC1.Cl. The Balaban J connectivity index is 0.00000176. The third-order valence-electron chi connectivity index (χ3n) is 5.29. The maximum Gasteiger partial charge on any atom is 0.317 e. The largest absolute Gasteiger partial charge is 0.339 e. The van der Waals surface area contributed by atoms with Gasteiger partial charge < -0.3 is 20.4 Å². The normalized spacial score (nSPS) is 26.3. The number of nitrogens with one attached hydrogen (secondary N) is 2. The minimum absolute atomic E-state index is 0. The van der Waals surface area contributed by atoms with Crippen LogP contribution >= 0.6 is 12.4 Å². The van der Waals surface area contributed by atoms with Crippen LogP contribution in [0.3, 0.4) is 0 Å².